The van der Waals surface area contributed by atoms with Gasteiger partial charge in [-0.25, -0.2) is 0 Å². The molecule has 0 atom stereocenters. The molecule has 1 rings (SSSR count). The Morgan fingerprint density at radius 2 is 2.20 bits per heavy atom. The van der Waals surface area contributed by atoms with Crippen LogP contribution in [0.2, 0.25) is 0 Å². The molecule has 0 radical (unpaired) electrons. The molecule has 0 aromatic carbocycles. The van der Waals surface area contributed by atoms with Gasteiger partial charge in [-0.3, -0.25) is 0 Å². The van der Waals surface area contributed by atoms with Crippen molar-refractivity contribution >= 4 is 22.1 Å². The van der Waals surface area contributed by atoms with Crippen LogP contribution in [0.1, 0.15) is 0 Å². The van der Waals surface area contributed by atoms with E-state index >= 15 is 0 Å². The Kier molecular flexibility index (Phi) is 5.28. The zero-order valence-corrected chi connectivity index (χ0v) is 9.86. The van der Waals surface area contributed by atoms with Crippen molar-refractivity contribution in [3.8, 4) is 0 Å². The number of hydrogen-bond donors (Lipinski definition) is 0. The molecule has 0 aliphatic heterocycles. The maximum absolute atomic E-state index is 10.2. The maximum atomic E-state index is 10.2. The predicted octanol–water partition coefficient (Wildman–Crippen LogP) is -4.02. The van der Waals surface area contributed by atoms with E-state index in [4.69, 9.17) is 0 Å². The van der Waals surface area contributed by atoms with E-state index in [0.717, 1.165) is 0 Å². The summed E-state index contributed by atoms with van der Waals surface area (Å²) < 4.78 is 0. The molecule has 46 valence electrons. The van der Waals surface area contributed by atoms with Crippen molar-refractivity contribution in [2.24, 2.45) is 0 Å². The van der Waals surface area contributed by atoms with Crippen LogP contribution in [-0.4, -0.2) is 22.1 Å². The van der Waals surface area contributed by atoms with Gasteiger partial charge in [-0.15, -0.1) is 0 Å². The first-order valence-corrected chi connectivity index (χ1v) is 6.62. The van der Waals surface area contributed by atoms with Gasteiger partial charge >= 0.3 is 29.6 Å². The zero-order chi connectivity index (χ0) is 6.69. The van der Waals surface area contributed by atoms with Crippen molar-refractivity contribution < 1.29 is 39.5 Å². The fourth-order valence-electron chi connectivity index (χ4n) is 0.574. The second-order valence-electron chi connectivity index (χ2n) is 1.65. The van der Waals surface area contributed by atoms with Gasteiger partial charge in [0.25, 0.3) is 0 Å². The molecular formula is C5H5NaO2Si2. The van der Waals surface area contributed by atoms with E-state index in [9.17, 15) is 9.90 Å². The summed E-state index contributed by atoms with van der Waals surface area (Å²) in [6.07, 6.45) is 0. The fourth-order valence-corrected chi connectivity index (χ4v) is 3.75. The molecule has 0 amide bonds. The van der Waals surface area contributed by atoms with Crippen LogP contribution in [0.5, 0.6) is 0 Å². The van der Waals surface area contributed by atoms with E-state index in [-0.39, 0.29) is 38.2 Å². The van der Waals surface area contributed by atoms with Gasteiger partial charge in [-0.1, -0.05) is 23.5 Å². The molecule has 1 aromatic heterocycles. The summed E-state index contributed by atoms with van der Waals surface area (Å²) in [7, 11) is -1.25. The molecule has 0 spiro atoms. The van der Waals surface area contributed by atoms with E-state index in [1.807, 2.05) is 11.7 Å². The summed E-state index contributed by atoms with van der Waals surface area (Å²) in [4.78, 5) is 10.2. The van der Waals surface area contributed by atoms with E-state index in [1.54, 1.807) is 11.7 Å². The Bertz CT molecular complexity index is 214. The third-order valence-corrected chi connectivity index (χ3v) is 5.75. The van der Waals surface area contributed by atoms with Crippen molar-refractivity contribution in [1.82, 2.24) is 0 Å². The topological polar surface area (TPSA) is 40.1 Å². The summed E-state index contributed by atoms with van der Waals surface area (Å²) >= 11 is 0. The van der Waals surface area contributed by atoms with Crippen molar-refractivity contribution in [3.05, 3.63) is 23.5 Å². The van der Waals surface area contributed by atoms with Gasteiger partial charge in [0.15, 0.2) is 0 Å². The van der Waals surface area contributed by atoms with Gasteiger partial charge in [0.05, 0.1) is 7.90 Å². The van der Waals surface area contributed by atoms with Crippen molar-refractivity contribution in [2.75, 3.05) is 0 Å². The van der Waals surface area contributed by atoms with E-state index < -0.39 is 13.5 Å². The van der Waals surface area contributed by atoms with Crippen LogP contribution in [0.15, 0.2) is 23.5 Å². The normalized spacial score (nSPS) is 8.00. The van der Waals surface area contributed by atoms with Gasteiger partial charge in [0.1, 0.15) is 0 Å². The van der Waals surface area contributed by atoms with E-state index in [2.05, 4.69) is 0 Å². The molecule has 1 aromatic rings. The molecule has 0 aliphatic carbocycles. The number of carbonyl (C=O) groups excluding carboxylic acids is 1. The summed E-state index contributed by atoms with van der Waals surface area (Å²) in [5.74, 6) is 0. The number of rotatable bonds is 1. The van der Waals surface area contributed by atoms with Crippen LogP contribution in [0.4, 0.5) is 4.79 Å². The average molecular weight is 176 g/mol. The minimum absolute atomic E-state index is 0. The standard InChI is InChI=1S/C5H6O2Si2.Na/c6-5(7)9-4-2-1-3-8-9;/h1-4,8H,(H,6,7);/q;+1/p-1. The Balaban J connectivity index is 0.000000810. The van der Waals surface area contributed by atoms with Crippen LogP contribution in [0.3, 0.4) is 0 Å². The van der Waals surface area contributed by atoms with E-state index in [1.165, 1.54) is 0 Å². The van der Waals surface area contributed by atoms with Gasteiger partial charge in [-0.05, 0) is 0 Å². The quantitative estimate of drug-likeness (QED) is 0.409. The van der Waals surface area contributed by atoms with Crippen molar-refractivity contribution in [1.29, 1.82) is 0 Å². The molecule has 1 heterocycles. The molecule has 5 heteroatoms. The van der Waals surface area contributed by atoms with Gasteiger partial charge in [0.2, 0.25) is 0 Å². The fraction of sp³-hybridized carbons (Fsp3) is 0. The number of hydrogen-bond acceptors (Lipinski definition) is 2. The third kappa shape index (κ3) is 2.98. The van der Waals surface area contributed by atoms with Crippen molar-refractivity contribution in [2.45, 2.75) is 0 Å². The predicted molar refractivity (Wildman–Crippen MR) is 35.9 cm³/mol. The Hall–Kier alpha value is 0.384. The summed E-state index contributed by atoms with van der Waals surface area (Å²) in [6.45, 7) is 0. The molecule has 0 aliphatic rings. The van der Waals surface area contributed by atoms with Gasteiger partial charge < -0.3 is 9.90 Å². The SMILES string of the molecule is O=C([O-])[si]1cccc[siH]1.[Na+]. The largest absolute Gasteiger partial charge is 1.00 e. The maximum Gasteiger partial charge on any atom is 1.00 e. The summed E-state index contributed by atoms with van der Waals surface area (Å²) in [6, 6.07) is 3.69. The monoisotopic (exact) mass is 176 g/mol. The van der Waals surface area contributed by atoms with Crippen LogP contribution in [0.25, 0.3) is 0 Å². The van der Waals surface area contributed by atoms with Gasteiger partial charge in [-0.2, -0.15) is 0 Å². The molecule has 10 heavy (non-hydrogen) atoms. The Morgan fingerprint density at radius 3 is 2.50 bits per heavy atom. The first kappa shape index (κ1) is 10.4. The number of carboxylic acid groups (broad SMARTS) is 1. The third-order valence-electron chi connectivity index (χ3n) is 1.01. The van der Waals surface area contributed by atoms with Crippen LogP contribution >= 0.6 is 0 Å². The Morgan fingerprint density at radius 1 is 1.50 bits per heavy atom. The first-order valence-electron chi connectivity index (χ1n) is 2.57. The molecule has 0 N–H and O–H groups in total. The minimum atomic E-state index is -1.24. The molecule has 0 bridgehead atoms. The molecule has 0 saturated carbocycles. The second kappa shape index (κ2) is 5.09. The summed E-state index contributed by atoms with van der Waals surface area (Å²) in [5.41, 5.74) is 2.87. The first-order chi connectivity index (χ1) is 4.30. The van der Waals surface area contributed by atoms with Crippen LogP contribution in [-0.2, 0) is 0 Å². The zero-order valence-electron chi connectivity index (χ0n) is 5.70. The molecular weight excluding hydrogens is 171 g/mol. The smallest absolute Gasteiger partial charge is 0.551 e. The minimum Gasteiger partial charge on any atom is -0.551 e. The summed E-state index contributed by atoms with van der Waals surface area (Å²) in [5, 5.41) is 10.2. The second-order valence-corrected chi connectivity index (χ2v) is 6.89. The van der Waals surface area contributed by atoms with Gasteiger partial charge in [0, 0.05) is 14.2 Å². The average Bonchev–Trinajstić information content (AvgIpc) is 1.90. The van der Waals surface area contributed by atoms with Crippen LogP contribution in [0, 0.1) is 0 Å². The molecule has 2 nitrogen and oxygen atoms in total. The van der Waals surface area contributed by atoms with Crippen LogP contribution < -0.4 is 34.7 Å². The van der Waals surface area contributed by atoms with E-state index in [0.29, 0.717) is 0 Å². The number of carbonyl (C=O) groups is 1. The molecule has 0 saturated heterocycles. The molecule has 0 fully saturated rings. The Labute approximate surface area is 84.6 Å². The van der Waals surface area contributed by atoms with Crippen molar-refractivity contribution in [3.63, 3.8) is 0 Å². The molecule has 0 unspecified atom stereocenters.